The molecule has 2 heterocycles. The van der Waals surface area contributed by atoms with Crippen LogP contribution in [0, 0.1) is 0 Å². The molecular formula is C10H10ClN3. The van der Waals surface area contributed by atoms with E-state index in [1.165, 1.54) is 0 Å². The standard InChI is InChI=1S/C10H10ClN3/c11-9-3-5-12-7-10(9)14-6-8-2-1-4-13-8/h1-5,7,13-14H,6H2. The van der Waals surface area contributed by atoms with Gasteiger partial charge in [-0.25, -0.2) is 0 Å². The molecule has 3 nitrogen and oxygen atoms in total. The number of nitrogens with zero attached hydrogens (tertiary/aromatic N) is 1. The van der Waals surface area contributed by atoms with Gasteiger partial charge in [0.05, 0.1) is 23.5 Å². The number of nitrogens with one attached hydrogen (secondary N) is 2. The molecule has 14 heavy (non-hydrogen) atoms. The molecule has 0 saturated heterocycles. The first kappa shape index (κ1) is 9.09. The molecule has 2 rings (SSSR count). The molecule has 4 heteroatoms. The number of hydrogen-bond acceptors (Lipinski definition) is 2. The first-order chi connectivity index (χ1) is 6.86. The van der Waals surface area contributed by atoms with Crippen LogP contribution in [0.15, 0.2) is 36.8 Å². The third-order valence-electron chi connectivity index (χ3n) is 1.90. The molecule has 0 aliphatic rings. The molecule has 2 aromatic rings. The molecule has 0 aromatic carbocycles. The second-order valence-corrected chi connectivity index (χ2v) is 3.31. The Morgan fingerprint density at radius 3 is 3.07 bits per heavy atom. The van der Waals surface area contributed by atoms with Crippen LogP contribution in [0.3, 0.4) is 0 Å². The molecule has 0 aliphatic heterocycles. The van der Waals surface area contributed by atoms with E-state index < -0.39 is 0 Å². The molecule has 0 bridgehead atoms. The molecule has 0 atom stereocenters. The molecule has 72 valence electrons. The lowest BCUT2D eigenvalue weighted by Crippen LogP contribution is -2.00. The normalized spacial score (nSPS) is 10.1. The number of halogens is 1. The highest BCUT2D eigenvalue weighted by Crippen LogP contribution is 2.19. The summed E-state index contributed by atoms with van der Waals surface area (Å²) in [6.07, 6.45) is 5.27. The van der Waals surface area contributed by atoms with Crippen molar-refractivity contribution in [3.8, 4) is 0 Å². The smallest absolute Gasteiger partial charge is 0.0719 e. The van der Waals surface area contributed by atoms with E-state index in [2.05, 4.69) is 15.3 Å². The van der Waals surface area contributed by atoms with Crippen LogP contribution in [0.5, 0.6) is 0 Å². The van der Waals surface area contributed by atoms with E-state index in [4.69, 9.17) is 11.6 Å². The maximum Gasteiger partial charge on any atom is 0.0719 e. The Bertz CT molecular complexity index is 398. The largest absolute Gasteiger partial charge is 0.377 e. The maximum atomic E-state index is 5.95. The summed E-state index contributed by atoms with van der Waals surface area (Å²) in [6, 6.07) is 5.73. The molecule has 2 aromatic heterocycles. The predicted molar refractivity (Wildman–Crippen MR) is 57.4 cm³/mol. The van der Waals surface area contributed by atoms with Gasteiger partial charge in [-0.15, -0.1) is 0 Å². The lowest BCUT2D eigenvalue weighted by atomic mass is 10.4. The topological polar surface area (TPSA) is 40.7 Å². The molecule has 0 aliphatic carbocycles. The van der Waals surface area contributed by atoms with Gasteiger partial charge in [0.25, 0.3) is 0 Å². The van der Waals surface area contributed by atoms with E-state index in [0.717, 1.165) is 17.9 Å². The van der Waals surface area contributed by atoms with E-state index in [0.29, 0.717) is 5.02 Å². The van der Waals surface area contributed by atoms with Crippen LogP contribution < -0.4 is 5.32 Å². The lowest BCUT2D eigenvalue weighted by Gasteiger charge is -2.05. The molecule has 0 fully saturated rings. The number of hydrogen-bond donors (Lipinski definition) is 2. The summed E-state index contributed by atoms with van der Waals surface area (Å²) in [5.74, 6) is 0. The summed E-state index contributed by atoms with van der Waals surface area (Å²) < 4.78 is 0. The van der Waals surface area contributed by atoms with Crippen molar-refractivity contribution >= 4 is 17.3 Å². The van der Waals surface area contributed by atoms with Crippen molar-refractivity contribution in [1.82, 2.24) is 9.97 Å². The number of pyridine rings is 1. The summed E-state index contributed by atoms with van der Waals surface area (Å²) >= 11 is 5.95. The molecule has 0 saturated carbocycles. The van der Waals surface area contributed by atoms with E-state index in [1.54, 1.807) is 18.5 Å². The third kappa shape index (κ3) is 2.06. The SMILES string of the molecule is Clc1ccncc1NCc1ccc[nH]1. The van der Waals surface area contributed by atoms with Gasteiger partial charge in [0.15, 0.2) is 0 Å². The van der Waals surface area contributed by atoms with Gasteiger partial charge in [-0.3, -0.25) is 4.98 Å². The van der Waals surface area contributed by atoms with Gasteiger partial charge in [0.2, 0.25) is 0 Å². The monoisotopic (exact) mass is 207 g/mol. The van der Waals surface area contributed by atoms with Crippen molar-refractivity contribution in [3.05, 3.63) is 47.5 Å². The highest BCUT2D eigenvalue weighted by molar-refractivity contribution is 6.33. The van der Waals surface area contributed by atoms with Gasteiger partial charge >= 0.3 is 0 Å². The minimum atomic E-state index is 0.687. The van der Waals surface area contributed by atoms with Crippen LogP contribution in [0.2, 0.25) is 5.02 Å². The summed E-state index contributed by atoms with van der Waals surface area (Å²) in [6.45, 7) is 0.721. The van der Waals surface area contributed by atoms with Gasteiger partial charge in [-0.1, -0.05) is 11.6 Å². The van der Waals surface area contributed by atoms with Crippen LogP contribution in [0.1, 0.15) is 5.69 Å². The van der Waals surface area contributed by atoms with E-state index >= 15 is 0 Å². The zero-order chi connectivity index (χ0) is 9.80. The lowest BCUT2D eigenvalue weighted by molar-refractivity contribution is 1.07. The Labute approximate surface area is 87.1 Å². The number of H-pyrrole nitrogens is 1. The fourth-order valence-electron chi connectivity index (χ4n) is 1.18. The Morgan fingerprint density at radius 1 is 1.43 bits per heavy atom. The molecule has 0 radical (unpaired) electrons. The molecule has 0 unspecified atom stereocenters. The van der Waals surface area contributed by atoms with Crippen molar-refractivity contribution in [2.24, 2.45) is 0 Å². The Hall–Kier alpha value is -1.48. The number of rotatable bonds is 3. The highest BCUT2D eigenvalue weighted by atomic mass is 35.5. The van der Waals surface area contributed by atoms with Crippen LogP contribution in [0.4, 0.5) is 5.69 Å². The van der Waals surface area contributed by atoms with Gasteiger partial charge in [0.1, 0.15) is 0 Å². The minimum absolute atomic E-state index is 0.687. The van der Waals surface area contributed by atoms with Gasteiger partial charge < -0.3 is 10.3 Å². The predicted octanol–water partition coefficient (Wildman–Crippen LogP) is 2.68. The summed E-state index contributed by atoms with van der Waals surface area (Å²) in [4.78, 5) is 7.09. The van der Waals surface area contributed by atoms with Crippen molar-refractivity contribution in [2.75, 3.05) is 5.32 Å². The Balaban J connectivity index is 2.02. The highest BCUT2D eigenvalue weighted by Gasteiger charge is 1.98. The van der Waals surface area contributed by atoms with Gasteiger partial charge in [0, 0.05) is 18.1 Å². The molecule has 0 spiro atoms. The minimum Gasteiger partial charge on any atom is -0.377 e. The fourth-order valence-corrected chi connectivity index (χ4v) is 1.35. The second-order valence-electron chi connectivity index (χ2n) is 2.90. The number of aromatic nitrogens is 2. The Morgan fingerprint density at radius 2 is 2.36 bits per heavy atom. The van der Waals surface area contributed by atoms with Gasteiger partial charge in [-0.2, -0.15) is 0 Å². The van der Waals surface area contributed by atoms with Crippen LogP contribution in [0.25, 0.3) is 0 Å². The van der Waals surface area contributed by atoms with Crippen LogP contribution >= 0.6 is 11.6 Å². The van der Waals surface area contributed by atoms with Crippen molar-refractivity contribution < 1.29 is 0 Å². The van der Waals surface area contributed by atoms with Crippen molar-refractivity contribution in [1.29, 1.82) is 0 Å². The quantitative estimate of drug-likeness (QED) is 0.813. The summed E-state index contributed by atoms with van der Waals surface area (Å²) in [7, 11) is 0. The first-order valence-electron chi connectivity index (χ1n) is 4.32. The molecule has 2 N–H and O–H groups in total. The average molecular weight is 208 g/mol. The Kier molecular flexibility index (Phi) is 2.70. The van der Waals surface area contributed by atoms with Crippen molar-refractivity contribution in [3.63, 3.8) is 0 Å². The van der Waals surface area contributed by atoms with Gasteiger partial charge in [-0.05, 0) is 18.2 Å². The van der Waals surface area contributed by atoms with E-state index in [9.17, 15) is 0 Å². The van der Waals surface area contributed by atoms with Crippen molar-refractivity contribution in [2.45, 2.75) is 6.54 Å². The third-order valence-corrected chi connectivity index (χ3v) is 2.23. The molecular weight excluding hydrogens is 198 g/mol. The van der Waals surface area contributed by atoms with Crippen LogP contribution in [-0.4, -0.2) is 9.97 Å². The zero-order valence-electron chi connectivity index (χ0n) is 7.50. The summed E-state index contributed by atoms with van der Waals surface area (Å²) in [5.41, 5.74) is 1.97. The summed E-state index contributed by atoms with van der Waals surface area (Å²) in [5, 5.41) is 3.88. The number of aromatic amines is 1. The first-order valence-corrected chi connectivity index (χ1v) is 4.70. The van der Waals surface area contributed by atoms with E-state index in [1.807, 2.05) is 18.3 Å². The average Bonchev–Trinajstić information content (AvgIpc) is 2.69. The maximum absolute atomic E-state index is 5.95. The molecule has 0 amide bonds. The fraction of sp³-hybridized carbons (Fsp3) is 0.100. The van der Waals surface area contributed by atoms with E-state index in [-0.39, 0.29) is 0 Å². The van der Waals surface area contributed by atoms with Crippen LogP contribution in [-0.2, 0) is 6.54 Å². The second kappa shape index (κ2) is 4.15. The number of anilines is 1. The zero-order valence-corrected chi connectivity index (χ0v) is 8.25.